The van der Waals surface area contributed by atoms with Gasteiger partial charge in [-0.25, -0.2) is 0 Å². The van der Waals surface area contributed by atoms with E-state index in [-0.39, 0.29) is 0 Å². The van der Waals surface area contributed by atoms with Crippen LogP contribution in [0, 0.1) is 0 Å². The van der Waals surface area contributed by atoms with Crippen LogP contribution >= 0.6 is 11.8 Å². The van der Waals surface area contributed by atoms with Gasteiger partial charge >= 0.3 is 0 Å². The van der Waals surface area contributed by atoms with Crippen LogP contribution in [0.4, 0.5) is 0 Å². The van der Waals surface area contributed by atoms with Gasteiger partial charge in [0.1, 0.15) is 17.8 Å². The average molecular weight is 241 g/mol. The van der Waals surface area contributed by atoms with Crippen molar-refractivity contribution in [2.75, 3.05) is 20.5 Å². The highest BCUT2D eigenvalue weighted by Crippen LogP contribution is 2.36. The third kappa shape index (κ3) is 2.48. The monoisotopic (exact) mass is 241 g/mol. The maximum atomic E-state index is 10.7. The molecule has 0 aliphatic carbocycles. The van der Waals surface area contributed by atoms with E-state index in [4.69, 9.17) is 15.2 Å². The minimum absolute atomic E-state index is 0.602. The van der Waals surface area contributed by atoms with E-state index in [1.165, 1.54) is 0 Å². The van der Waals surface area contributed by atoms with Crippen LogP contribution in [0.25, 0.3) is 0 Å². The lowest BCUT2D eigenvalue weighted by Gasteiger charge is -2.15. The molecule has 0 bridgehead atoms. The number of nitrogens with two attached hydrogens (primary N) is 1. The molecule has 0 aromatic heterocycles. The number of benzene rings is 1. The zero-order chi connectivity index (χ0) is 12.1. The highest BCUT2D eigenvalue weighted by molar-refractivity contribution is 7.98. The van der Waals surface area contributed by atoms with Crippen molar-refractivity contribution in [3.8, 4) is 11.5 Å². The van der Waals surface area contributed by atoms with E-state index < -0.39 is 6.04 Å². The average Bonchev–Trinajstić information content (AvgIpc) is 2.35. The summed E-state index contributed by atoms with van der Waals surface area (Å²) in [5.74, 6) is 1.30. The van der Waals surface area contributed by atoms with Crippen molar-refractivity contribution in [2.24, 2.45) is 5.73 Å². The second-order valence-electron chi connectivity index (χ2n) is 3.11. The fourth-order valence-electron chi connectivity index (χ4n) is 1.39. The molecule has 1 atom stereocenters. The molecule has 0 amide bonds. The first-order chi connectivity index (χ1) is 7.67. The number of thioether (sulfide) groups is 1. The van der Waals surface area contributed by atoms with Crippen molar-refractivity contribution in [1.82, 2.24) is 0 Å². The predicted octanol–water partition coefficient (Wildman–Crippen LogP) is 1.62. The topological polar surface area (TPSA) is 61.5 Å². The van der Waals surface area contributed by atoms with Gasteiger partial charge in [-0.1, -0.05) is 0 Å². The van der Waals surface area contributed by atoms with Crippen LogP contribution in [-0.2, 0) is 4.79 Å². The molecule has 0 saturated heterocycles. The van der Waals surface area contributed by atoms with Crippen molar-refractivity contribution in [2.45, 2.75) is 10.9 Å². The minimum atomic E-state index is -0.695. The molecule has 1 rings (SSSR count). The highest BCUT2D eigenvalue weighted by Gasteiger charge is 2.15. The number of aldehydes is 1. The Hall–Kier alpha value is -1.20. The Balaban J connectivity index is 3.31. The lowest BCUT2D eigenvalue weighted by Crippen LogP contribution is -2.13. The predicted molar refractivity (Wildman–Crippen MR) is 64.3 cm³/mol. The van der Waals surface area contributed by atoms with E-state index in [0.717, 1.165) is 4.90 Å². The Morgan fingerprint density at radius 2 is 1.94 bits per heavy atom. The van der Waals surface area contributed by atoms with Gasteiger partial charge in [0.25, 0.3) is 0 Å². The van der Waals surface area contributed by atoms with Gasteiger partial charge in [0, 0.05) is 5.56 Å². The summed E-state index contributed by atoms with van der Waals surface area (Å²) in [4.78, 5) is 11.6. The molecular weight excluding hydrogens is 226 g/mol. The van der Waals surface area contributed by atoms with E-state index in [1.54, 1.807) is 32.0 Å². The molecule has 1 aromatic rings. The van der Waals surface area contributed by atoms with Crippen molar-refractivity contribution >= 4 is 18.0 Å². The van der Waals surface area contributed by atoms with Gasteiger partial charge in [0.05, 0.1) is 25.2 Å². The largest absolute Gasteiger partial charge is 0.496 e. The van der Waals surface area contributed by atoms with E-state index in [9.17, 15) is 4.79 Å². The number of methoxy groups -OCH3 is 2. The SMILES string of the molecule is COc1cc(C(N)C=O)c(OC)cc1SC. The van der Waals surface area contributed by atoms with Gasteiger partial charge in [-0.15, -0.1) is 11.8 Å². The van der Waals surface area contributed by atoms with Gasteiger partial charge in [-0.3, -0.25) is 0 Å². The number of ether oxygens (including phenoxy) is 2. The van der Waals surface area contributed by atoms with Crippen molar-refractivity contribution in [1.29, 1.82) is 0 Å². The van der Waals surface area contributed by atoms with Crippen LogP contribution in [0.1, 0.15) is 11.6 Å². The summed E-state index contributed by atoms with van der Waals surface area (Å²) < 4.78 is 10.4. The molecule has 4 nitrogen and oxygen atoms in total. The Kier molecular flexibility index (Phi) is 4.64. The molecule has 0 aliphatic rings. The maximum absolute atomic E-state index is 10.7. The Morgan fingerprint density at radius 1 is 1.31 bits per heavy atom. The molecule has 88 valence electrons. The summed E-state index contributed by atoms with van der Waals surface area (Å²) in [5.41, 5.74) is 6.31. The summed E-state index contributed by atoms with van der Waals surface area (Å²) in [6.45, 7) is 0. The van der Waals surface area contributed by atoms with Gasteiger partial charge in [0.2, 0.25) is 0 Å². The van der Waals surface area contributed by atoms with Crippen molar-refractivity contribution < 1.29 is 14.3 Å². The number of hydrogen-bond donors (Lipinski definition) is 1. The van der Waals surface area contributed by atoms with E-state index in [2.05, 4.69) is 0 Å². The van der Waals surface area contributed by atoms with E-state index in [1.807, 2.05) is 12.3 Å². The summed E-state index contributed by atoms with van der Waals surface area (Å²) in [6, 6.07) is 2.87. The van der Waals surface area contributed by atoms with Crippen LogP contribution in [0.2, 0.25) is 0 Å². The second kappa shape index (κ2) is 5.77. The van der Waals surface area contributed by atoms with E-state index in [0.29, 0.717) is 23.3 Å². The molecule has 5 heteroatoms. The minimum Gasteiger partial charge on any atom is -0.496 e. The van der Waals surface area contributed by atoms with Crippen molar-refractivity contribution in [3.05, 3.63) is 17.7 Å². The fraction of sp³-hybridized carbons (Fsp3) is 0.364. The van der Waals surface area contributed by atoms with Crippen LogP contribution in [0.5, 0.6) is 11.5 Å². The number of carbonyl (C=O) groups excluding carboxylic acids is 1. The first-order valence-corrected chi connectivity index (χ1v) is 5.91. The third-order valence-corrected chi connectivity index (χ3v) is 3.00. The molecule has 0 spiro atoms. The third-order valence-electron chi connectivity index (χ3n) is 2.24. The number of rotatable bonds is 5. The van der Waals surface area contributed by atoms with Crippen LogP contribution in [0.3, 0.4) is 0 Å². The molecule has 0 fully saturated rings. The summed E-state index contributed by atoms with van der Waals surface area (Å²) in [7, 11) is 3.13. The zero-order valence-corrected chi connectivity index (χ0v) is 10.3. The summed E-state index contributed by atoms with van der Waals surface area (Å²) >= 11 is 1.54. The van der Waals surface area contributed by atoms with E-state index >= 15 is 0 Å². The Morgan fingerprint density at radius 3 is 2.38 bits per heavy atom. The van der Waals surface area contributed by atoms with Crippen LogP contribution in [-0.4, -0.2) is 26.8 Å². The van der Waals surface area contributed by atoms with Gasteiger partial charge in [0.15, 0.2) is 0 Å². The summed E-state index contributed by atoms with van der Waals surface area (Å²) in [5, 5.41) is 0. The molecule has 1 aromatic carbocycles. The number of hydrogen-bond acceptors (Lipinski definition) is 5. The Bertz CT molecular complexity index is 382. The zero-order valence-electron chi connectivity index (χ0n) is 9.52. The highest BCUT2D eigenvalue weighted by atomic mass is 32.2. The lowest BCUT2D eigenvalue weighted by atomic mass is 10.1. The second-order valence-corrected chi connectivity index (χ2v) is 3.96. The molecule has 16 heavy (non-hydrogen) atoms. The fourth-order valence-corrected chi connectivity index (χ4v) is 1.95. The smallest absolute Gasteiger partial charge is 0.141 e. The first kappa shape index (κ1) is 12.9. The molecular formula is C11H15NO3S. The molecule has 2 N–H and O–H groups in total. The first-order valence-electron chi connectivity index (χ1n) is 4.68. The lowest BCUT2D eigenvalue weighted by molar-refractivity contribution is -0.109. The molecule has 0 saturated carbocycles. The van der Waals surface area contributed by atoms with Crippen molar-refractivity contribution in [3.63, 3.8) is 0 Å². The van der Waals surface area contributed by atoms with Crippen LogP contribution < -0.4 is 15.2 Å². The summed E-state index contributed by atoms with van der Waals surface area (Å²) in [6.07, 6.45) is 2.62. The molecule has 0 aliphatic heterocycles. The Labute approximate surface area is 99.1 Å². The maximum Gasteiger partial charge on any atom is 0.141 e. The van der Waals surface area contributed by atoms with Gasteiger partial charge in [-0.2, -0.15) is 0 Å². The molecule has 1 unspecified atom stereocenters. The quantitative estimate of drug-likeness (QED) is 0.627. The normalized spacial score (nSPS) is 12.0. The van der Waals surface area contributed by atoms with Gasteiger partial charge < -0.3 is 20.0 Å². The standard InChI is InChI=1S/C11H15NO3S/c1-14-9-5-11(16-3)10(15-2)4-7(9)8(12)6-13/h4-6,8H,12H2,1-3H3. The van der Waals surface area contributed by atoms with Gasteiger partial charge in [-0.05, 0) is 18.4 Å². The number of carbonyl (C=O) groups is 1. The molecule has 0 radical (unpaired) electrons. The molecule has 0 heterocycles. The van der Waals surface area contributed by atoms with Crippen LogP contribution in [0.15, 0.2) is 17.0 Å².